The normalized spacial score (nSPS) is 13.9. The van der Waals surface area contributed by atoms with Crippen LogP contribution in [0.1, 0.15) is 41.5 Å². The van der Waals surface area contributed by atoms with E-state index in [-0.39, 0.29) is 27.8 Å². The Bertz CT molecular complexity index is 2010. The first-order chi connectivity index (χ1) is 20.7. The molecule has 5 aromatic rings. The zero-order chi connectivity index (χ0) is 31.6. The van der Waals surface area contributed by atoms with Crippen molar-refractivity contribution in [3.05, 3.63) is 101 Å². The van der Waals surface area contributed by atoms with Gasteiger partial charge < -0.3 is 9.67 Å². The molecule has 7 nitrogen and oxygen atoms in total. The topological polar surface area (TPSA) is 90.0 Å². The highest BCUT2D eigenvalue weighted by molar-refractivity contribution is 7.90. The molecule has 0 unspecified atom stereocenters. The summed E-state index contributed by atoms with van der Waals surface area (Å²) in [6.45, 7) is 0.637. The standard InChI is InChI=1S/C31H25ClF4N4O3S/c1-17-37-29(31(34,35)36)15-39(17)27-10-5-19(20-12-25(33)24(16-41)28(13-20)44(2,42)43)11-23(27)30-38-26(18-3-4-18)14-40(30)22-8-6-21(32)7-9-22/h5-15,18,41H,3-4,16H2,1-2H3. The van der Waals surface area contributed by atoms with Gasteiger partial charge in [0.2, 0.25) is 0 Å². The molecule has 0 bridgehead atoms. The number of hydrogen-bond donors (Lipinski definition) is 1. The van der Waals surface area contributed by atoms with Crippen LogP contribution < -0.4 is 0 Å². The summed E-state index contributed by atoms with van der Waals surface area (Å²) in [5.74, 6) is -0.187. The molecular formula is C31H25ClF4N4O3S. The summed E-state index contributed by atoms with van der Waals surface area (Å²) < 4.78 is 84.2. The first-order valence-electron chi connectivity index (χ1n) is 13.5. The molecule has 0 amide bonds. The Morgan fingerprint density at radius 3 is 2.27 bits per heavy atom. The lowest BCUT2D eigenvalue weighted by Crippen LogP contribution is -2.06. The highest BCUT2D eigenvalue weighted by atomic mass is 35.5. The number of imidazole rings is 2. The molecule has 0 atom stereocenters. The second kappa shape index (κ2) is 10.9. The molecule has 1 saturated carbocycles. The van der Waals surface area contributed by atoms with Gasteiger partial charge in [0.1, 0.15) is 17.5 Å². The van der Waals surface area contributed by atoms with Gasteiger partial charge in [0, 0.05) is 46.4 Å². The Morgan fingerprint density at radius 1 is 0.977 bits per heavy atom. The third-order valence-electron chi connectivity index (χ3n) is 7.54. The third kappa shape index (κ3) is 5.64. The second-order valence-corrected chi connectivity index (χ2v) is 13.2. The van der Waals surface area contributed by atoms with E-state index in [0.29, 0.717) is 33.3 Å². The summed E-state index contributed by atoms with van der Waals surface area (Å²) in [6.07, 6.45) is 0.927. The number of benzene rings is 3. The average molecular weight is 645 g/mol. The molecule has 1 aliphatic carbocycles. The van der Waals surface area contributed by atoms with Crippen LogP contribution in [0.4, 0.5) is 17.6 Å². The van der Waals surface area contributed by atoms with E-state index in [2.05, 4.69) is 4.98 Å². The van der Waals surface area contributed by atoms with Gasteiger partial charge in [-0.3, -0.25) is 4.57 Å². The first-order valence-corrected chi connectivity index (χ1v) is 15.8. The lowest BCUT2D eigenvalue weighted by Gasteiger charge is -2.17. The molecule has 0 aliphatic heterocycles. The minimum Gasteiger partial charge on any atom is -0.392 e. The van der Waals surface area contributed by atoms with Crippen molar-refractivity contribution in [2.75, 3.05) is 6.26 Å². The van der Waals surface area contributed by atoms with Crippen LogP contribution in [0.2, 0.25) is 5.02 Å². The fourth-order valence-corrected chi connectivity index (χ4v) is 6.26. The van der Waals surface area contributed by atoms with Gasteiger partial charge in [0.05, 0.1) is 22.9 Å². The van der Waals surface area contributed by atoms with Crippen LogP contribution in [0.25, 0.3) is 33.9 Å². The predicted octanol–water partition coefficient (Wildman–Crippen LogP) is 7.28. The number of aliphatic hydroxyl groups is 1. The van der Waals surface area contributed by atoms with Gasteiger partial charge in [0.25, 0.3) is 0 Å². The highest BCUT2D eigenvalue weighted by Crippen LogP contribution is 2.42. The van der Waals surface area contributed by atoms with E-state index in [0.717, 1.165) is 37.1 Å². The number of sulfone groups is 1. The summed E-state index contributed by atoms with van der Waals surface area (Å²) in [5.41, 5.74) is 1.39. The number of aliphatic hydroxyl groups excluding tert-OH is 1. The third-order valence-corrected chi connectivity index (χ3v) is 8.96. The molecule has 1 fully saturated rings. The maximum absolute atomic E-state index is 15.1. The van der Waals surface area contributed by atoms with E-state index in [9.17, 15) is 26.7 Å². The number of nitrogens with zero attached hydrogens (tertiary/aromatic N) is 4. The van der Waals surface area contributed by atoms with E-state index in [1.807, 2.05) is 10.8 Å². The SMILES string of the molecule is Cc1nc(C(F)(F)F)cn1-c1ccc(-c2cc(F)c(CO)c(S(C)(=O)=O)c2)cc1-c1nc(C2CC2)cn1-c1ccc(Cl)cc1. The molecule has 2 heterocycles. The van der Waals surface area contributed by atoms with E-state index in [1.54, 1.807) is 42.5 Å². The first kappa shape index (κ1) is 30.0. The molecule has 1 aliphatic rings. The van der Waals surface area contributed by atoms with Crippen molar-refractivity contribution < 1.29 is 31.1 Å². The number of alkyl halides is 3. The predicted molar refractivity (Wildman–Crippen MR) is 157 cm³/mol. The van der Waals surface area contributed by atoms with Gasteiger partial charge in [-0.05, 0) is 79.4 Å². The van der Waals surface area contributed by atoms with Crippen molar-refractivity contribution in [2.45, 2.75) is 43.4 Å². The van der Waals surface area contributed by atoms with Crippen LogP contribution in [0.5, 0.6) is 0 Å². The van der Waals surface area contributed by atoms with Crippen molar-refractivity contribution in [3.8, 4) is 33.9 Å². The smallest absolute Gasteiger partial charge is 0.392 e. The lowest BCUT2D eigenvalue weighted by molar-refractivity contribution is -0.141. The van der Waals surface area contributed by atoms with Crippen LogP contribution in [0.15, 0.2) is 71.9 Å². The van der Waals surface area contributed by atoms with Gasteiger partial charge in [0.15, 0.2) is 15.5 Å². The van der Waals surface area contributed by atoms with Crippen LogP contribution >= 0.6 is 11.6 Å². The summed E-state index contributed by atoms with van der Waals surface area (Å²) in [5, 5.41) is 10.2. The van der Waals surface area contributed by atoms with E-state index < -0.39 is 34.1 Å². The Hall–Kier alpha value is -4.00. The summed E-state index contributed by atoms with van der Waals surface area (Å²) in [4.78, 5) is 8.29. The van der Waals surface area contributed by atoms with Crippen LogP contribution in [-0.2, 0) is 22.6 Å². The van der Waals surface area contributed by atoms with Crippen LogP contribution in [0.3, 0.4) is 0 Å². The van der Waals surface area contributed by atoms with Crippen molar-refractivity contribution >= 4 is 21.4 Å². The number of aryl methyl sites for hydroxylation is 1. The molecular weight excluding hydrogens is 620 g/mol. The van der Waals surface area contributed by atoms with Gasteiger partial charge in [-0.2, -0.15) is 13.2 Å². The van der Waals surface area contributed by atoms with E-state index in [4.69, 9.17) is 16.6 Å². The maximum atomic E-state index is 15.1. The molecule has 0 spiro atoms. The van der Waals surface area contributed by atoms with Gasteiger partial charge in [-0.15, -0.1) is 0 Å². The van der Waals surface area contributed by atoms with E-state index >= 15 is 4.39 Å². The number of rotatable bonds is 7. The largest absolute Gasteiger partial charge is 0.434 e. The highest BCUT2D eigenvalue weighted by Gasteiger charge is 2.35. The Kier molecular flexibility index (Phi) is 7.42. The van der Waals surface area contributed by atoms with Gasteiger partial charge >= 0.3 is 6.18 Å². The zero-order valence-corrected chi connectivity index (χ0v) is 25.0. The Morgan fingerprint density at radius 2 is 1.68 bits per heavy atom. The lowest BCUT2D eigenvalue weighted by atomic mass is 9.99. The summed E-state index contributed by atoms with van der Waals surface area (Å²) in [7, 11) is -3.92. The maximum Gasteiger partial charge on any atom is 0.434 e. The average Bonchev–Trinajstić information content (AvgIpc) is 3.59. The quantitative estimate of drug-likeness (QED) is 0.188. The van der Waals surface area contributed by atoms with E-state index in [1.165, 1.54) is 17.6 Å². The van der Waals surface area contributed by atoms with Crippen molar-refractivity contribution in [1.82, 2.24) is 19.1 Å². The van der Waals surface area contributed by atoms with Gasteiger partial charge in [-0.1, -0.05) is 17.7 Å². The molecule has 0 saturated heterocycles. The number of hydrogen-bond acceptors (Lipinski definition) is 5. The Balaban J connectivity index is 1.63. The molecule has 3 aromatic carbocycles. The number of aromatic nitrogens is 4. The molecule has 1 N–H and O–H groups in total. The molecule has 228 valence electrons. The number of halogens is 5. The molecule has 44 heavy (non-hydrogen) atoms. The monoisotopic (exact) mass is 644 g/mol. The summed E-state index contributed by atoms with van der Waals surface area (Å²) >= 11 is 6.13. The van der Waals surface area contributed by atoms with Crippen molar-refractivity contribution in [3.63, 3.8) is 0 Å². The summed E-state index contributed by atoms with van der Waals surface area (Å²) in [6, 6.07) is 14.1. The zero-order valence-electron chi connectivity index (χ0n) is 23.4. The van der Waals surface area contributed by atoms with Gasteiger partial charge in [-0.25, -0.2) is 22.8 Å². The minimum absolute atomic E-state index is 0.0797. The molecule has 13 heteroatoms. The molecule has 6 rings (SSSR count). The Labute approximate surface area is 255 Å². The fourth-order valence-electron chi connectivity index (χ4n) is 5.18. The van der Waals surface area contributed by atoms with Crippen LogP contribution in [-0.4, -0.2) is 38.9 Å². The van der Waals surface area contributed by atoms with Crippen molar-refractivity contribution in [1.29, 1.82) is 0 Å². The van der Waals surface area contributed by atoms with Crippen molar-refractivity contribution in [2.24, 2.45) is 0 Å². The van der Waals surface area contributed by atoms with Crippen LogP contribution in [0, 0.1) is 12.7 Å². The fraction of sp³-hybridized carbons (Fsp3) is 0.226. The molecule has 0 radical (unpaired) electrons. The minimum atomic E-state index is -4.68. The molecule has 2 aromatic heterocycles. The second-order valence-electron chi connectivity index (χ2n) is 10.7.